The van der Waals surface area contributed by atoms with Gasteiger partial charge in [-0.1, -0.05) is 0 Å². The summed E-state index contributed by atoms with van der Waals surface area (Å²) in [6.45, 7) is 0.383. The molecule has 0 aromatic carbocycles. The molecule has 0 aliphatic carbocycles. The maximum atomic E-state index is 12.0. The van der Waals surface area contributed by atoms with Crippen molar-refractivity contribution in [1.29, 1.82) is 5.26 Å². The summed E-state index contributed by atoms with van der Waals surface area (Å²) in [6.07, 6.45) is 3.44. The lowest BCUT2D eigenvalue weighted by Gasteiger charge is -2.36. The van der Waals surface area contributed by atoms with Crippen LogP contribution in [0, 0.1) is 16.7 Å². The van der Waals surface area contributed by atoms with Gasteiger partial charge in [0.15, 0.2) is 5.41 Å². The van der Waals surface area contributed by atoms with Gasteiger partial charge in [-0.3, -0.25) is 4.79 Å². The van der Waals surface area contributed by atoms with E-state index in [1.807, 2.05) is 6.07 Å². The van der Waals surface area contributed by atoms with Crippen LogP contribution in [-0.2, 0) is 9.53 Å². The average Bonchev–Trinajstić information content (AvgIpc) is 2.68. The van der Waals surface area contributed by atoms with Crippen molar-refractivity contribution < 1.29 is 9.53 Å². The first-order valence-corrected chi connectivity index (χ1v) is 4.59. The summed E-state index contributed by atoms with van der Waals surface area (Å²) in [5.74, 6) is -0.212. The Bertz CT molecular complexity index is 401. The molecule has 0 saturated carbocycles. The summed E-state index contributed by atoms with van der Waals surface area (Å²) < 4.78 is 4.94. The third-order valence-corrected chi connectivity index (χ3v) is 2.59. The van der Waals surface area contributed by atoms with Crippen LogP contribution in [0.2, 0.25) is 0 Å². The fraction of sp³-hybridized carbons (Fsp3) is 0.400. The van der Waals surface area contributed by atoms with E-state index in [1.54, 1.807) is 25.5 Å². The molecule has 1 saturated heterocycles. The van der Waals surface area contributed by atoms with Crippen LogP contribution in [-0.4, -0.2) is 31.2 Å². The Morgan fingerprint density at radius 1 is 1.73 bits per heavy atom. The van der Waals surface area contributed by atoms with Gasteiger partial charge < -0.3 is 14.6 Å². The van der Waals surface area contributed by atoms with Crippen molar-refractivity contribution in [3.05, 3.63) is 18.5 Å². The van der Waals surface area contributed by atoms with E-state index in [2.05, 4.69) is 4.98 Å². The van der Waals surface area contributed by atoms with Gasteiger partial charge >= 0.3 is 0 Å². The normalized spacial score (nSPS) is 17.6. The number of rotatable bonds is 2. The molecule has 5 heteroatoms. The molecule has 2 rings (SSSR count). The maximum Gasteiger partial charge on any atom is 0.252 e. The number of H-pyrrole nitrogens is 1. The smallest absolute Gasteiger partial charge is 0.252 e. The lowest BCUT2D eigenvalue weighted by Crippen LogP contribution is -2.53. The summed E-state index contributed by atoms with van der Waals surface area (Å²) in [5, 5.41) is 8.97. The monoisotopic (exact) mass is 205 g/mol. The molecule has 0 atom stereocenters. The molecule has 1 aromatic rings. The van der Waals surface area contributed by atoms with E-state index in [9.17, 15) is 4.79 Å². The molecule has 15 heavy (non-hydrogen) atoms. The number of nitriles is 1. The maximum absolute atomic E-state index is 12.0. The molecule has 1 aromatic heterocycles. The van der Waals surface area contributed by atoms with E-state index in [0.717, 1.165) is 5.69 Å². The van der Waals surface area contributed by atoms with Gasteiger partial charge in [-0.05, 0) is 6.07 Å². The van der Waals surface area contributed by atoms with Gasteiger partial charge in [0.1, 0.15) is 0 Å². The number of amides is 1. The van der Waals surface area contributed by atoms with Crippen molar-refractivity contribution in [2.45, 2.75) is 0 Å². The predicted molar refractivity (Wildman–Crippen MR) is 53.1 cm³/mol. The summed E-state index contributed by atoms with van der Waals surface area (Å²) >= 11 is 0. The van der Waals surface area contributed by atoms with Crippen LogP contribution in [0.15, 0.2) is 18.5 Å². The second-order valence-electron chi connectivity index (χ2n) is 3.62. The topological polar surface area (TPSA) is 69.1 Å². The highest BCUT2D eigenvalue weighted by molar-refractivity contribution is 5.99. The summed E-state index contributed by atoms with van der Waals surface area (Å²) in [6, 6.07) is 3.81. The van der Waals surface area contributed by atoms with E-state index in [1.165, 1.54) is 4.90 Å². The third kappa shape index (κ3) is 1.39. The van der Waals surface area contributed by atoms with Crippen LogP contribution >= 0.6 is 0 Å². The quantitative estimate of drug-likeness (QED) is 0.765. The zero-order valence-electron chi connectivity index (χ0n) is 8.36. The number of carbonyl (C=O) groups excluding carboxylic acids is 1. The van der Waals surface area contributed by atoms with E-state index in [4.69, 9.17) is 10.00 Å². The summed E-state index contributed by atoms with van der Waals surface area (Å²) in [5.41, 5.74) is -0.229. The fourth-order valence-corrected chi connectivity index (χ4v) is 1.50. The highest BCUT2D eigenvalue weighted by Gasteiger charge is 2.48. The molecule has 2 heterocycles. The number of nitrogens with one attached hydrogen (secondary N) is 1. The molecule has 1 aliphatic rings. The van der Waals surface area contributed by atoms with Crippen molar-refractivity contribution in [2.75, 3.05) is 25.2 Å². The van der Waals surface area contributed by atoms with Crippen molar-refractivity contribution in [2.24, 2.45) is 5.41 Å². The molecular weight excluding hydrogens is 194 g/mol. The second kappa shape index (κ2) is 3.41. The molecule has 1 fully saturated rings. The summed E-state index contributed by atoms with van der Waals surface area (Å²) in [7, 11) is 1.66. The predicted octanol–water partition coefficient (Wildman–Crippen LogP) is 0.518. The largest absolute Gasteiger partial charge is 0.377 e. The number of ether oxygens (including phenoxy) is 1. The minimum Gasteiger partial charge on any atom is -0.377 e. The minimum atomic E-state index is -0.980. The lowest BCUT2D eigenvalue weighted by molar-refractivity contribution is -0.146. The van der Waals surface area contributed by atoms with Crippen molar-refractivity contribution in [1.82, 2.24) is 4.98 Å². The SMILES string of the molecule is CN(C(=O)C1(C#N)COC1)c1cc[nH]c1. The Morgan fingerprint density at radius 3 is 2.87 bits per heavy atom. The van der Waals surface area contributed by atoms with Gasteiger partial charge in [-0.15, -0.1) is 0 Å². The van der Waals surface area contributed by atoms with Gasteiger partial charge in [0.25, 0.3) is 5.91 Å². The van der Waals surface area contributed by atoms with Crippen LogP contribution in [0.25, 0.3) is 0 Å². The molecule has 0 bridgehead atoms. The number of aromatic nitrogens is 1. The molecule has 0 unspecified atom stereocenters. The molecule has 0 spiro atoms. The molecule has 1 amide bonds. The van der Waals surface area contributed by atoms with Crippen LogP contribution in [0.4, 0.5) is 5.69 Å². The molecule has 78 valence electrons. The number of aromatic amines is 1. The highest BCUT2D eigenvalue weighted by Crippen LogP contribution is 2.30. The van der Waals surface area contributed by atoms with Gasteiger partial charge in [-0.2, -0.15) is 5.26 Å². The van der Waals surface area contributed by atoms with Crippen LogP contribution in [0.5, 0.6) is 0 Å². The van der Waals surface area contributed by atoms with Gasteiger partial charge in [-0.25, -0.2) is 0 Å². The first-order valence-electron chi connectivity index (χ1n) is 4.59. The Morgan fingerprint density at radius 2 is 2.47 bits per heavy atom. The molecule has 1 aliphatic heterocycles. The number of hydrogen-bond acceptors (Lipinski definition) is 3. The highest BCUT2D eigenvalue weighted by atomic mass is 16.5. The van der Waals surface area contributed by atoms with Crippen LogP contribution in [0.3, 0.4) is 0 Å². The van der Waals surface area contributed by atoms with E-state index >= 15 is 0 Å². The van der Waals surface area contributed by atoms with Gasteiger partial charge in [0.2, 0.25) is 0 Å². The van der Waals surface area contributed by atoms with E-state index < -0.39 is 5.41 Å². The van der Waals surface area contributed by atoms with Gasteiger partial charge in [0.05, 0.1) is 25.0 Å². The number of nitrogens with zero attached hydrogens (tertiary/aromatic N) is 2. The Labute approximate surface area is 87.3 Å². The third-order valence-electron chi connectivity index (χ3n) is 2.59. The summed E-state index contributed by atoms with van der Waals surface area (Å²) in [4.78, 5) is 16.3. The minimum absolute atomic E-state index is 0.192. The second-order valence-corrected chi connectivity index (χ2v) is 3.62. The Balaban J connectivity index is 2.18. The zero-order valence-corrected chi connectivity index (χ0v) is 8.36. The van der Waals surface area contributed by atoms with Crippen molar-refractivity contribution in [3.8, 4) is 6.07 Å². The first kappa shape index (κ1) is 9.74. The molecule has 1 N–H and O–H groups in total. The van der Waals surface area contributed by atoms with E-state index in [-0.39, 0.29) is 19.1 Å². The standard InChI is InChI=1S/C10H11N3O2/c1-13(8-2-3-12-4-8)9(14)10(5-11)6-15-7-10/h2-4,12H,6-7H2,1H3. The van der Waals surface area contributed by atoms with Crippen molar-refractivity contribution in [3.63, 3.8) is 0 Å². The average molecular weight is 205 g/mol. The first-order chi connectivity index (χ1) is 7.19. The zero-order chi connectivity index (χ0) is 10.9. The number of hydrogen-bond donors (Lipinski definition) is 1. The van der Waals surface area contributed by atoms with Gasteiger partial charge in [0, 0.05) is 19.4 Å². The van der Waals surface area contributed by atoms with Crippen LogP contribution < -0.4 is 4.90 Å². The number of carbonyl (C=O) groups is 1. The Kier molecular flexibility index (Phi) is 2.21. The molecular formula is C10H11N3O2. The molecule has 0 radical (unpaired) electrons. The lowest BCUT2D eigenvalue weighted by atomic mass is 9.86. The Hall–Kier alpha value is -1.80. The van der Waals surface area contributed by atoms with E-state index in [0.29, 0.717) is 0 Å². The van der Waals surface area contributed by atoms with Crippen molar-refractivity contribution >= 4 is 11.6 Å². The van der Waals surface area contributed by atoms with Crippen LogP contribution in [0.1, 0.15) is 0 Å². The molecule has 5 nitrogen and oxygen atoms in total. The fourth-order valence-electron chi connectivity index (χ4n) is 1.50. The number of anilines is 1.